The van der Waals surface area contributed by atoms with Gasteiger partial charge in [0, 0.05) is 31.7 Å². The lowest BCUT2D eigenvalue weighted by molar-refractivity contribution is 0.451. The van der Waals surface area contributed by atoms with Crippen LogP contribution in [0.4, 0.5) is 5.88 Å². The largest absolute Gasteiger partial charge is 0.429 e. The molecule has 0 saturated carbocycles. The smallest absolute Gasteiger partial charge is 0.197 e. The van der Waals surface area contributed by atoms with Gasteiger partial charge in [-0.2, -0.15) is 0 Å². The minimum atomic E-state index is 0.459. The number of furan rings is 1. The minimum Gasteiger partial charge on any atom is -0.429 e. The quantitative estimate of drug-likeness (QED) is 0.749. The molecular formula is C9H13ClN2O. The van der Waals surface area contributed by atoms with Gasteiger partial charge in [0.05, 0.1) is 0 Å². The first-order valence-corrected chi connectivity index (χ1v) is 4.87. The van der Waals surface area contributed by atoms with Gasteiger partial charge in [-0.15, -0.1) is 0 Å². The molecule has 13 heavy (non-hydrogen) atoms. The lowest BCUT2D eigenvalue weighted by Gasteiger charge is -2.31. The lowest BCUT2D eigenvalue weighted by Crippen LogP contribution is -2.49. The molecule has 1 aromatic rings. The van der Waals surface area contributed by atoms with Gasteiger partial charge in [0.2, 0.25) is 0 Å². The van der Waals surface area contributed by atoms with E-state index in [9.17, 15) is 0 Å². The van der Waals surface area contributed by atoms with Crippen LogP contribution in [0.25, 0.3) is 0 Å². The van der Waals surface area contributed by atoms with Crippen LogP contribution in [0.2, 0.25) is 5.22 Å². The number of halogens is 1. The van der Waals surface area contributed by atoms with Crippen molar-refractivity contribution in [1.82, 2.24) is 5.32 Å². The van der Waals surface area contributed by atoms with E-state index >= 15 is 0 Å². The third-order valence-electron chi connectivity index (χ3n) is 2.24. The minimum absolute atomic E-state index is 0.459. The molecule has 4 heteroatoms. The Bertz CT molecular complexity index is 287. The van der Waals surface area contributed by atoms with Crippen LogP contribution in [0.15, 0.2) is 16.5 Å². The third kappa shape index (κ3) is 1.98. The second kappa shape index (κ2) is 3.60. The van der Waals surface area contributed by atoms with Crippen molar-refractivity contribution in [3.63, 3.8) is 0 Å². The van der Waals surface area contributed by atoms with E-state index in [1.807, 2.05) is 6.07 Å². The first-order chi connectivity index (χ1) is 6.25. The van der Waals surface area contributed by atoms with Crippen molar-refractivity contribution >= 4 is 17.5 Å². The Balaban J connectivity index is 2.08. The monoisotopic (exact) mass is 200 g/mol. The van der Waals surface area contributed by atoms with Gasteiger partial charge in [0.1, 0.15) is 0 Å². The molecule has 0 aromatic carbocycles. The molecule has 0 radical (unpaired) electrons. The topological polar surface area (TPSA) is 28.4 Å². The molecule has 1 aromatic heterocycles. The highest BCUT2D eigenvalue weighted by molar-refractivity contribution is 6.28. The zero-order valence-electron chi connectivity index (χ0n) is 7.59. The average molecular weight is 201 g/mol. The molecule has 1 fully saturated rings. The molecule has 72 valence electrons. The summed E-state index contributed by atoms with van der Waals surface area (Å²) in [5.74, 6) is 0.873. The summed E-state index contributed by atoms with van der Waals surface area (Å²) >= 11 is 5.71. The van der Waals surface area contributed by atoms with Crippen LogP contribution in [0.5, 0.6) is 0 Å². The highest BCUT2D eigenvalue weighted by Crippen LogP contribution is 2.22. The van der Waals surface area contributed by atoms with Gasteiger partial charge in [0.25, 0.3) is 0 Å². The standard InChI is InChI=1S/C9H13ClN2O/c1-7-6-12(5-4-11-7)9-3-2-8(10)13-9/h2-3,7,11H,4-6H2,1H3. The van der Waals surface area contributed by atoms with Crippen molar-refractivity contribution in [1.29, 1.82) is 0 Å². The Morgan fingerprint density at radius 1 is 1.62 bits per heavy atom. The number of nitrogens with zero attached hydrogens (tertiary/aromatic N) is 1. The maximum atomic E-state index is 5.71. The molecule has 1 aliphatic heterocycles. The lowest BCUT2D eigenvalue weighted by atomic mass is 10.2. The van der Waals surface area contributed by atoms with Crippen molar-refractivity contribution in [3.05, 3.63) is 17.4 Å². The molecule has 0 spiro atoms. The summed E-state index contributed by atoms with van der Waals surface area (Å²) in [6.45, 7) is 5.12. The van der Waals surface area contributed by atoms with Gasteiger partial charge in [-0.3, -0.25) is 0 Å². The third-order valence-corrected chi connectivity index (χ3v) is 2.44. The predicted molar refractivity (Wildman–Crippen MR) is 53.4 cm³/mol. The van der Waals surface area contributed by atoms with Crippen molar-refractivity contribution < 1.29 is 4.42 Å². The van der Waals surface area contributed by atoms with E-state index in [0.717, 1.165) is 25.5 Å². The normalized spacial score (nSPS) is 23.5. The summed E-state index contributed by atoms with van der Waals surface area (Å²) in [6, 6.07) is 4.21. The van der Waals surface area contributed by atoms with Crippen LogP contribution < -0.4 is 10.2 Å². The fraction of sp³-hybridized carbons (Fsp3) is 0.556. The van der Waals surface area contributed by atoms with E-state index in [2.05, 4.69) is 17.1 Å². The maximum Gasteiger partial charge on any atom is 0.197 e. The number of nitrogens with one attached hydrogen (secondary N) is 1. The molecule has 3 nitrogen and oxygen atoms in total. The molecule has 1 N–H and O–H groups in total. The highest BCUT2D eigenvalue weighted by Gasteiger charge is 2.17. The van der Waals surface area contributed by atoms with Gasteiger partial charge in [-0.1, -0.05) is 0 Å². The van der Waals surface area contributed by atoms with E-state index in [0.29, 0.717) is 11.3 Å². The van der Waals surface area contributed by atoms with Gasteiger partial charge >= 0.3 is 0 Å². The van der Waals surface area contributed by atoms with Gasteiger partial charge in [-0.25, -0.2) is 0 Å². The summed E-state index contributed by atoms with van der Waals surface area (Å²) in [7, 11) is 0. The summed E-state index contributed by atoms with van der Waals surface area (Å²) in [5, 5.41) is 3.83. The molecule has 0 aliphatic carbocycles. The zero-order chi connectivity index (χ0) is 9.26. The van der Waals surface area contributed by atoms with E-state index in [-0.39, 0.29) is 0 Å². The van der Waals surface area contributed by atoms with Crippen LogP contribution in [-0.4, -0.2) is 25.7 Å². The molecule has 1 aliphatic rings. The summed E-state index contributed by atoms with van der Waals surface area (Å²) in [4.78, 5) is 2.20. The van der Waals surface area contributed by atoms with E-state index < -0.39 is 0 Å². The first kappa shape index (κ1) is 8.91. The molecule has 0 amide bonds. The second-order valence-electron chi connectivity index (χ2n) is 3.38. The summed E-state index contributed by atoms with van der Waals surface area (Å²) in [5.41, 5.74) is 0. The SMILES string of the molecule is CC1CN(c2ccc(Cl)o2)CCN1. The van der Waals surface area contributed by atoms with Gasteiger partial charge < -0.3 is 14.6 Å². The first-order valence-electron chi connectivity index (χ1n) is 4.49. The maximum absolute atomic E-state index is 5.71. The fourth-order valence-corrected chi connectivity index (χ4v) is 1.75. The van der Waals surface area contributed by atoms with Crippen LogP contribution in [0, 0.1) is 0 Å². The number of hydrogen-bond acceptors (Lipinski definition) is 3. The van der Waals surface area contributed by atoms with Gasteiger partial charge in [-0.05, 0) is 24.6 Å². The Hall–Kier alpha value is -0.670. The predicted octanol–water partition coefficient (Wildman–Crippen LogP) is 1.73. The number of anilines is 1. The van der Waals surface area contributed by atoms with Crippen LogP contribution in [0.3, 0.4) is 0 Å². The number of piperazine rings is 1. The Morgan fingerprint density at radius 3 is 3.08 bits per heavy atom. The Kier molecular flexibility index (Phi) is 2.47. The zero-order valence-corrected chi connectivity index (χ0v) is 8.34. The van der Waals surface area contributed by atoms with Crippen molar-refractivity contribution in [2.75, 3.05) is 24.5 Å². The Labute approximate surface area is 82.7 Å². The van der Waals surface area contributed by atoms with Crippen molar-refractivity contribution in [3.8, 4) is 0 Å². The highest BCUT2D eigenvalue weighted by atomic mass is 35.5. The van der Waals surface area contributed by atoms with E-state index in [4.69, 9.17) is 16.0 Å². The van der Waals surface area contributed by atoms with Gasteiger partial charge in [0.15, 0.2) is 11.1 Å². The average Bonchev–Trinajstić information content (AvgIpc) is 2.52. The van der Waals surface area contributed by atoms with E-state index in [1.54, 1.807) is 6.07 Å². The number of hydrogen-bond donors (Lipinski definition) is 1. The summed E-state index contributed by atoms with van der Waals surface area (Å²) < 4.78 is 5.33. The molecule has 1 atom stereocenters. The molecular weight excluding hydrogens is 188 g/mol. The van der Waals surface area contributed by atoms with E-state index in [1.165, 1.54) is 0 Å². The van der Waals surface area contributed by atoms with Crippen molar-refractivity contribution in [2.45, 2.75) is 13.0 Å². The molecule has 0 bridgehead atoms. The summed E-state index contributed by atoms with van der Waals surface area (Å²) in [6.07, 6.45) is 0. The fourth-order valence-electron chi connectivity index (χ4n) is 1.61. The molecule has 2 heterocycles. The van der Waals surface area contributed by atoms with Crippen LogP contribution in [0.1, 0.15) is 6.92 Å². The number of rotatable bonds is 1. The van der Waals surface area contributed by atoms with Crippen LogP contribution in [-0.2, 0) is 0 Å². The molecule has 2 rings (SSSR count). The van der Waals surface area contributed by atoms with Crippen molar-refractivity contribution in [2.24, 2.45) is 0 Å². The Morgan fingerprint density at radius 2 is 2.46 bits per heavy atom. The van der Waals surface area contributed by atoms with Crippen LogP contribution >= 0.6 is 11.6 Å². The molecule has 1 saturated heterocycles. The molecule has 1 unspecified atom stereocenters. The second-order valence-corrected chi connectivity index (χ2v) is 3.75.